The number of hydrogen-bond donors (Lipinski definition) is 10. The summed E-state index contributed by atoms with van der Waals surface area (Å²) in [5.41, 5.74) is 29.1. The number of nitrogens with one attached hydrogen (secondary N) is 4. The Kier molecular flexibility index (Phi) is 15.5. The van der Waals surface area contributed by atoms with E-state index in [1.807, 2.05) is 30.5 Å². The van der Waals surface area contributed by atoms with Crippen LogP contribution in [0.25, 0.3) is 10.9 Å². The van der Waals surface area contributed by atoms with Gasteiger partial charge in [0.25, 0.3) is 0 Å². The second-order valence-electron chi connectivity index (χ2n) is 10.4. The minimum absolute atomic E-state index is 0.00282. The van der Waals surface area contributed by atoms with Crippen LogP contribution in [-0.2, 0) is 25.6 Å². The number of benzene rings is 1. The van der Waals surface area contributed by atoms with Gasteiger partial charge < -0.3 is 54.7 Å². The molecule has 4 unspecified atom stereocenters. The molecule has 0 bridgehead atoms. The van der Waals surface area contributed by atoms with Crippen LogP contribution in [0.3, 0.4) is 0 Å². The van der Waals surface area contributed by atoms with Crippen molar-refractivity contribution >= 4 is 58.3 Å². The summed E-state index contributed by atoms with van der Waals surface area (Å²) in [5.74, 6) is -2.74. The fourth-order valence-electron chi connectivity index (χ4n) is 4.46. The van der Waals surface area contributed by atoms with Gasteiger partial charge in [0, 0.05) is 36.6 Å². The molecule has 3 amide bonds. The maximum Gasteiger partial charge on any atom is 0.326 e. The molecule has 2 rings (SSSR count). The molecule has 0 radical (unpaired) electrons. The number of aromatic nitrogens is 1. The van der Waals surface area contributed by atoms with Crippen LogP contribution in [0.15, 0.2) is 40.4 Å². The minimum atomic E-state index is -1.29. The normalized spacial score (nSPS) is 13.6. The Bertz CT molecular complexity index is 1340. The molecule has 0 aliphatic carbocycles. The van der Waals surface area contributed by atoms with E-state index in [4.69, 9.17) is 28.7 Å². The standard InChI is InChI=1S/C28H45N11O5S/c1-45-13-10-18(29)23(40)37-20(8-4-11-34-27(30)31)24(41)38-21(9-5-12-35-28(32)33)25(42)39-22(26(43)44)14-16-15-36-19-7-3-2-6-17(16)19/h2-3,6-7,15,18,20-22,36H,4-5,8-14,29H2,1H3,(H,37,40)(H,38,41)(H,39,42)(H,43,44)(H4,30,31,34)(H4,32,33,35). The fraction of sp³-hybridized carbons (Fsp3) is 0.500. The van der Waals surface area contributed by atoms with Gasteiger partial charge in [0.05, 0.1) is 6.04 Å². The smallest absolute Gasteiger partial charge is 0.326 e. The topological polar surface area (TPSA) is 295 Å². The second-order valence-corrected chi connectivity index (χ2v) is 11.4. The van der Waals surface area contributed by atoms with Gasteiger partial charge >= 0.3 is 5.97 Å². The lowest BCUT2D eigenvalue weighted by atomic mass is 10.0. The van der Waals surface area contributed by atoms with Crippen LogP contribution < -0.4 is 44.6 Å². The Labute approximate surface area is 265 Å². The molecule has 16 nitrogen and oxygen atoms in total. The number of aliphatic imine (C=N–C) groups is 2. The monoisotopic (exact) mass is 647 g/mol. The van der Waals surface area contributed by atoms with E-state index >= 15 is 0 Å². The van der Waals surface area contributed by atoms with Crippen molar-refractivity contribution in [2.75, 3.05) is 25.1 Å². The SMILES string of the molecule is CSCCC(N)C(=O)NC(CCCN=C(N)N)C(=O)NC(CCCN=C(N)N)C(=O)NC(Cc1c[nH]c2ccccc12)C(=O)O. The highest BCUT2D eigenvalue weighted by molar-refractivity contribution is 7.98. The van der Waals surface area contributed by atoms with Gasteiger partial charge in [-0.1, -0.05) is 18.2 Å². The maximum absolute atomic E-state index is 13.5. The van der Waals surface area contributed by atoms with Gasteiger partial charge in [0.2, 0.25) is 17.7 Å². The van der Waals surface area contributed by atoms with Crippen LogP contribution in [0.4, 0.5) is 0 Å². The summed E-state index contributed by atoms with van der Waals surface area (Å²) in [6, 6.07) is 3.02. The number of aromatic amines is 1. The van der Waals surface area contributed by atoms with Crippen molar-refractivity contribution < 1.29 is 24.3 Å². The summed E-state index contributed by atoms with van der Waals surface area (Å²) >= 11 is 1.53. The first kappa shape index (κ1) is 36.7. The number of aliphatic carboxylic acids is 1. The Morgan fingerprint density at radius 1 is 0.844 bits per heavy atom. The van der Waals surface area contributed by atoms with E-state index in [9.17, 15) is 24.3 Å². The van der Waals surface area contributed by atoms with Crippen molar-refractivity contribution in [3.63, 3.8) is 0 Å². The molecule has 248 valence electrons. The number of H-pyrrole nitrogens is 1. The Balaban J connectivity index is 2.23. The zero-order chi connectivity index (χ0) is 33.4. The molecule has 0 saturated heterocycles. The third-order valence-electron chi connectivity index (χ3n) is 6.84. The van der Waals surface area contributed by atoms with Gasteiger partial charge in [-0.25, -0.2) is 4.79 Å². The zero-order valence-corrected chi connectivity index (χ0v) is 26.1. The first-order valence-corrected chi connectivity index (χ1v) is 15.9. The number of carboxylic acid groups (broad SMARTS) is 1. The lowest BCUT2D eigenvalue weighted by Crippen LogP contribution is -2.57. The summed E-state index contributed by atoms with van der Waals surface area (Å²) in [4.78, 5) is 62.9. The molecule has 0 saturated carbocycles. The molecule has 2 aromatic rings. The van der Waals surface area contributed by atoms with Gasteiger partial charge in [0.15, 0.2) is 11.9 Å². The maximum atomic E-state index is 13.5. The summed E-state index contributed by atoms with van der Waals surface area (Å²) in [7, 11) is 0. The predicted octanol–water partition coefficient (Wildman–Crippen LogP) is -1.56. The molecule has 1 aromatic heterocycles. The molecule has 1 heterocycles. The van der Waals surface area contributed by atoms with E-state index in [1.54, 1.807) is 6.20 Å². The molecule has 17 heteroatoms. The van der Waals surface area contributed by atoms with Gasteiger partial charge in [0.1, 0.15) is 18.1 Å². The van der Waals surface area contributed by atoms with E-state index < -0.39 is 47.9 Å². The number of nitrogens with zero attached hydrogens (tertiary/aromatic N) is 2. The molecule has 45 heavy (non-hydrogen) atoms. The largest absolute Gasteiger partial charge is 0.480 e. The molecule has 4 atom stereocenters. The van der Waals surface area contributed by atoms with Crippen molar-refractivity contribution in [3.8, 4) is 0 Å². The van der Waals surface area contributed by atoms with Crippen molar-refractivity contribution in [1.29, 1.82) is 0 Å². The number of hydrogen-bond acceptors (Lipinski definition) is 8. The van der Waals surface area contributed by atoms with E-state index in [2.05, 4.69) is 30.9 Å². The number of rotatable bonds is 20. The third-order valence-corrected chi connectivity index (χ3v) is 7.48. The Morgan fingerprint density at radius 3 is 1.91 bits per heavy atom. The fourth-order valence-corrected chi connectivity index (χ4v) is 4.95. The molecule has 0 fully saturated rings. The number of carbonyl (C=O) groups excluding carboxylic acids is 3. The average Bonchev–Trinajstić information content (AvgIpc) is 3.40. The number of carboxylic acids is 1. The second kappa shape index (κ2) is 19.0. The lowest BCUT2D eigenvalue weighted by Gasteiger charge is -2.25. The molecule has 0 aliphatic heterocycles. The molecule has 0 spiro atoms. The van der Waals surface area contributed by atoms with E-state index in [0.717, 1.165) is 10.9 Å². The van der Waals surface area contributed by atoms with Crippen molar-refractivity contribution in [3.05, 3.63) is 36.0 Å². The van der Waals surface area contributed by atoms with Crippen LogP contribution in [-0.4, -0.2) is 95.0 Å². The van der Waals surface area contributed by atoms with Crippen molar-refractivity contribution in [1.82, 2.24) is 20.9 Å². The number of amides is 3. The summed E-state index contributed by atoms with van der Waals surface area (Å²) in [6.07, 6.45) is 4.83. The summed E-state index contributed by atoms with van der Waals surface area (Å²) in [6.45, 7) is 0.375. The number of guanidine groups is 2. The van der Waals surface area contributed by atoms with Gasteiger partial charge in [-0.05, 0) is 55.7 Å². The third kappa shape index (κ3) is 12.9. The van der Waals surface area contributed by atoms with Crippen molar-refractivity contribution in [2.24, 2.45) is 38.7 Å². The number of nitrogens with two attached hydrogens (primary N) is 5. The molecule has 1 aromatic carbocycles. The van der Waals surface area contributed by atoms with Crippen molar-refractivity contribution in [2.45, 2.75) is 62.7 Å². The van der Waals surface area contributed by atoms with Gasteiger partial charge in [-0.15, -0.1) is 0 Å². The highest BCUT2D eigenvalue weighted by Gasteiger charge is 2.30. The Hall–Kier alpha value is -4.51. The first-order chi connectivity index (χ1) is 21.4. The molecule has 15 N–H and O–H groups in total. The molecular weight excluding hydrogens is 602 g/mol. The van der Waals surface area contributed by atoms with E-state index in [1.165, 1.54) is 11.8 Å². The van der Waals surface area contributed by atoms with Crippen LogP contribution in [0.2, 0.25) is 0 Å². The zero-order valence-electron chi connectivity index (χ0n) is 25.3. The number of para-hydroxylation sites is 1. The lowest BCUT2D eigenvalue weighted by molar-refractivity contribution is -0.142. The quantitative estimate of drug-likeness (QED) is 0.0445. The van der Waals surface area contributed by atoms with Crippen LogP contribution in [0, 0.1) is 0 Å². The number of thioether (sulfide) groups is 1. The highest BCUT2D eigenvalue weighted by atomic mass is 32.2. The molecule has 0 aliphatic rings. The van der Waals surface area contributed by atoms with Crippen LogP contribution in [0.5, 0.6) is 0 Å². The van der Waals surface area contributed by atoms with E-state index in [0.29, 0.717) is 24.2 Å². The first-order valence-electron chi connectivity index (χ1n) is 14.5. The van der Waals surface area contributed by atoms with Crippen LogP contribution in [0.1, 0.15) is 37.7 Å². The van der Waals surface area contributed by atoms with Gasteiger partial charge in [-0.3, -0.25) is 24.4 Å². The number of carbonyl (C=O) groups is 4. The van der Waals surface area contributed by atoms with E-state index in [-0.39, 0.29) is 50.7 Å². The summed E-state index contributed by atoms with van der Waals surface area (Å²) in [5, 5.41) is 18.7. The van der Waals surface area contributed by atoms with Gasteiger partial charge in [-0.2, -0.15) is 11.8 Å². The highest BCUT2D eigenvalue weighted by Crippen LogP contribution is 2.19. The minimum Gasteiger partial charge on any atom is -0.480 e. The Morgan fingerprint density at radius 2 is 1.38 bits per heavy atom. The predicted molar refractivity (Wildman–Crippen MR) is 176 cm³/mol. The molecular formula is C28H45N11O5S. The van der Waals surface area contributed by atoms with Crippen LogP contribution >= 0.6 is 11.8 Å². The number of fused-ring (bicyclic) bond motifs is 1. The summed E-state index contributed by atoms with van der Waals surface area (Å²) < 4.78 is 0. The average molecular weight is 648 g/mol.